The van der Waals surface area contributed by atoms with Gasteiger partial charge in [0, 0.05) is 38.9 Å². The Kier molecular flexibility index (Phi) is 6.98. The summed E-state index contributed by atoms with van der Waals surface area (Å²) < 4.78 is 12.8. The average Bonchev–Trinajstić information content (AvgIpc) is 3.14. The molecule has 5 rings (SSSR count). The Labute approximate surface area is 235 Å². The molecular formula is C28H20BrClINO4. The zero-order chi connectivity index (χ0) is 25.6. The molecular weight excluding hydrogens is 657 g/mol. The second-order valence-electron chi connectivity index (χ2n) is 8.45. The number of dihydropyridines is 1. The number of Topliss-reactive ketones (excluding diaryl/α,β-unsaturated/α-hetero) is 1. The van der Waals surface area contributed by atoms with Crippen LogP contribution in [0.5, 0.6) is 5.75 Å². The average molecular weight is 677 g/mol. The van der Waals surface area contributed by atoms with E-state index in [0.717, 1.165) is 26.0 Å². The van der Waals surface area contributed by atoms with Crippen molar-refractivity contribution in [3.63, 3.8) is 0 Å². The van der Waals surface area contributed by atoms with Crippen LogP contribution in [0.2, 0.25) is 5.02 Å². The third kappa shape index (κ3) is 4.27. The van der Waals surface area contributed by atoms with Crippen molar-refractivity contribution in [1.82, 2.24) is 5.32 Å². The summed E-state index contributed by atoms with van der Waals surface area (Å²) in [6, 6.07) is 18.8. The summed E-state index contributed by atoms with van der Waals surface area (Å²) >= 11 is 12.1. The molecule has 8 heteroatoms. The number of carbonyl (C=O) groups excluding carboxylic acids is 2. The largest absolute Gasteiger partial charge is 0.487 e. The maximum atomic E-state index is 13.6. The predicted molar refractivity (Wildman–Crippen MR) is 151 cm³/mol. The molecule has 5 nitrogen and oxygen atoms in total. The van der Waals surface area contributed by atoms with Crippen molar-refractivity contribution < 1.29 is 19.1 Å². The number of ketones is 1. The Balaban J connectivity index is 1.59. The van der Waals surface area contributed by atoms with Gasteiger partial charge in [-0.25, -0.2) is 4.79 Å². The molecule has 3 aromatic rings. The molecule has 0 radical (unpaired) electrons. The van der Waals surface area contributed by atoms with Crippen LogP contribution in [-0.4, -0.2) is 18.9 Å². The number of esters is 1. The summed E-state index contributed by atoms with van der Waals surface area (Å²) in [4.78, 5) is 26.5. The van der Waals surface area contributed by atoms with Gasteiger partial charge >= 0.3 is 5.97 Å². The van der Waals surface area contributed by atoms with Crippen molar-refractivity contribution >= 4 is 67.6 Å². The zero-order valence-electron chi connectivity index (χ0n) is 19.3. The molecule has 1 N–H and O–H groups in total. The molecule has 1 atom stereocenters. The van der Waals surface area contributed by atoms with Crippen LogP contribution in [0.15, 0.2) is 82.0 Å². The molecule has 0 bridgehead atoms. The fourth-order valence-electron chi connectivity index (χ4n) is 4.69. The fourth-order valence-corrected chi connectivity index (χ4v) is 6.65. The van der Waals surface area contributed by atoms with Gasteiger partial charge in [-0.3, -0.25) is 4.79 Å². The first-order chi connectivity index (χ1) is 17.3. The number of hydrogen-bond donors (Lipinski definition) is 1. The molecule has 1 aliphatic heterocycles. The van der Waals surface area contributed by atoms with Crippen LogP contribution in [0.4, 0.5) is 0 Å². The van der Waals surface area contributed by atoms with Crippen molar-refractivity contribution in [3.05, 3.63) is 113 Å². The third-order valence-electron chi connectivity index (χ3n) is 6.34. The van der Waals surface area contributed by atoms with Gasteiger partial charge in [-0.05, 0) is 69.2 Å². The number of fused-ring (bicyclic) bond motifs is 2. The van der Waals surface area contributed by atoms with Crippen LogP contribution < -0.4 is 10.1 Å². The molecule has 0 unspecified atom stereocenters. The fraction of sp³-hybridized carbons (Fsp3) is 0.143. The molecule has 2 aliphatic rings. The van der Waals surface area contributed by atoms with E-state index in [1.165, 1.54) is 7.11 Å². The standard InChI is InChI=1S/C28H20BrClINO4/c1-14-22(28(34)35-2)23(24-25(32-14)17-8-4-5-9-18(17)26(24)33)16-11-19(29)27(21(31)12-16)36-13-15-7-3-6-10-20(15)30/h3-12,23,32H,13H2,1-2H3/t23-/m1/s1. The molecule has 0 amide bonds. The van der Waals surface area contributed by atoms with Crippen molar-refractivity contribution in [1.29, 1.82) is 0 Å². The summed E-state index contributed by atoms with van der Waals surface area (Å²) in [6.45, 7) is 2.13. The van der Waals surface area contributed by atoms with E-state index in [2.05, 4.69) is 43.8 Å². The maximum Gasteiger partial charge on any atom is 0.336 e. The highest BCUT2D eigenvalue weighted by atomic mass is 127. The van der Waals surface area contributed by atoms with Crippen molar-refractivity contribution in [2.45, 2.75) is 19.4 Å². The molecule has 182 valence electrons. The number of benzene rings is 3. The Morgan fingerprint density at radius 2 is 1.81 bits per heavy atom. The molecule has 0 aromatic heterocycles. The number of halogens is 3. The van der Waals surface area contributed by atoms with Gasteiger partial charge in [-0.2, -0.15) is 0 Å². The lowest BCUT2D eigenvalue weighted by atomic mass is 9.80. The number of nitrogens with one attached hydrogen (secondary N) is 1. The van der Waals surface area contributed by atoms with Crippen LogP contribution in [-0.2, 0) is 16.1 Å². The first-order valence-corrected chi connectivity index (χ1v) is 13.4. The lowest BCUT2D eigenvalue weighted by molar-refractivity contribution is -0.136. The molecule has 3 aromatic carbocycles. The summed E-state index contributed by atoms with van der Waals surface area (Å²) in [5, 5.41) is 3.94. The number of hydrogen-bond acceptors (Lipinski definition) is 5. The molecule has 1 aliphatic carbocycles. The number of allylic oxidation sites excluding steroid dienone is 2. The first-order valence-electron chi connectivity index (χ1n) is 11.1. The quantitative estimate of drug-likeness (QED) is 0.233. The van der Waals surface area contributed by atoms with Crippen molar-refractivity contribution in [2.75, 3.05) is 7.11 Å². The minimum atomic E-state index is -0.601. The van der Waals surface area contributed by atoms with E-state index in [-0.39, 0.29) is 5.78 Å². The minimum Gasteiger partial charge on any atom is -0.487 e. The number of methoxy groups -OCH3 is 1. The lowest BCUT2D eigenvalue weighted by Crippen LogP contribution is -2.29. The number of rotatable bonds is 5. The van der Waals surface area contributed by atoms with E-state index in [0.29, 0.717) is 44.3 Å². The highest BCUT2D eigenvalue weighted by Crippen LogP contribution is 2.48. The van der Waals surface area contributed by atoms with E-state index in [9.17, 15) is 9.59 Å². The molecule has 0 saturated heterocycles. The first kappa shape index (κ1) is 25.0. The summed E-state index contributed by atoms with van der Waals surface area (Å²) in [5.41, 5.74) is 5.44. The van der Waals surface area contributed by atoms with Crippen molar-refractivity contribution in [3.8, 4) is 5.75 Å². The van der Waals surface area contributed by atoms with Gasteiger partial charge in [0.1, 0.15) is 12.4 Å². The van der Waals surface area contributed by atoms with E-state index in [1.807, 2.05) is 67.6 Å². The van der Waals surface area contributed by atoms with Gasteiger partial charge in [0.05, 0.1) is 26.4 Å². The summed E-state index contributed by atoms with van der Waals surface area (Å²) in [7, 11) is 1.35. The SMILES string of the molecule is COC(=O)C1=C(C)NC2=C(C(=O)c3ccccc32)[C@@H]1c1cc(Br)c(OCc2ccccc2Cl)c(I)c1. The highest BCUT2D eigenvalue weighted by Gasteiger charge is 2.43. The zero-order valence-corrected chi connectivity index (χ0v) is 23.8. The number of carbonyl (C=O) groups is 2. The lowest BCUT2D eigenvalue weighted by Gasteiger charge is -2.29. The van der Waals surface area contributed by atoms with Gasteiger partial charge in [-0.1, -0.05) is 54.1 Å². The van der Waals surface area contributed by atoms with E-state index in [4.69, 9.17) is 21.1 Å². The molecule has 0 saturated carbocycles. The maximum absolute atomic E-state index is 13.6. The topological polar surface area (TPSA) is 64.6 Å². The second-order valence-corrected chi connectivity index (χ2v) is 10.9. The summed E-state index contributed by atoms with van der Waals surface area (Å²) in [6.07, 6.45) is 0. The van der Waals surface area contributed by atoms with Gasteiger partial charge in [0.2, 0.25) is 0 Å². The second kappa shape index (κ2) is 10.0. The Bertz CT molecular complexity index is 1470. The monoisotopic (exact) mass is 675 g/mol. The van der Waals surface area contributed by atoms with E-state index >= 15 is 0 Å². The Morgan fingerprint density at radius 3 is 2.50 bits per heavy atom. The Hall–Kier alpha value is -2.62. The highest BCUT2D eigenvalue weighted by molar-refractivity contribution is 14.1. The minimum absolute atomic E-state index is 0.0998. The van der Waals surface area contributed by atoms with Crippen LogP contribution in [0.3, 0.4) is 0 Å². The molecule has 36 heavy (non-hydrogen) atoms. The predicted octanol–water partition coefficient (Wildman–Crippen LogP) is 7.03. The van der Waals surface area contributed by atoms with Crippen LogP contribution >= 0.6 is 50.1 Å². The van der Waals surface area contributed by atoms with Crippen molar-refractivity contribution in [2.24, 2.45) is 0 Å². The van der Waals surface area contributed by atoms with Crippen LogP contribution in [0, 0.1) is 3.57 Å². The molecule has 0 spiro atoms. The molecule has 0 fully saturated rings. The normalized spacial score (nSPS) is 16.5. The third-order valence-corrected chi connectivity index (χ3v) is 8.10. The van der Waals surface area contributed by atoms with Crippen LogP contribution in [0.1, 0.15) is 39.9 Å². The van der Waals surface area contributed by atoms with E-state index in [1.54, 1.807) is 0 Å². The Morgan fingerprint density at radius 1 is 1.11 bits per heavy atom. The van der Waals surface area contributed by atoms with Gasteiger partial charge in [0.15, 0.2) is 5.78 Å². The van der Waals surface area contributed by atoms with Gasteiger partial charge in [-0.15, -0.1) is 0 Å². The molecule has 1 heterocycles. The number of ether oxygens (including phenoxy) is 2. The summed E-state index contributed by atoms with van der Waals surface area (Å²) in [5.74, 6) is -0.526. The van der Waals surface area contributed by atoms with Crippen LogP contribution in [0.25, 0.3) is 5.70 Å². The van der Waals surface area contributed by atoms with E-state index < -0.39 is 11.9 Å². The van der Waals surface area contributed by atoms with Gasteiger partial charge in [0.25, 0.3) is 0 Å². The van der Waals surface area contributed by atoms with Gasteiger partial charge < -0.3 is 14.8 Å². The smallest absolute Gasteiger partial charge is 0.336 e.